The lowest BCUT2D eigenvalue weighted by Gasteiger charge is -2.11. The molecule has 278 valence electrons. The van der Waals surface area contributed by atoms with Gasteiger partial charge in [-0.05, 0) is 70.4 Å². The van der Waals surface area contributed by atoms with Crippen LogP contribution in [-0.4, -0.2) is 69.6 Å². The summed E-state index contributed by atoms with van der Waals surface area (Å²) in [5.74, 6) is -4.03. The highest BCUT2D eigenvalue weighted by Crippen LogP contribution is 2.47. The summed E-state index contributed by atoms with van der Waals surface area (Å²) in [5.41, 5.74) is -0.981. The van der Waals surface area contributed by atoms with Crippen molar-refractivity contribution in [2.45, 2.75) is 14.7 Å². The van der Waals surface area contributed by atoms with Crippen molar-refractivity contribution in [3.8, 4) is 45.6 Å². The average molecular weight is 799 g/mol. The lowest BCUT2D eigenvalue weighted by atomic mass is 10.0. The van der Waals surface area contributed by atoms with Gasteiger partial charge >= 0.3 is 0 Å². The van der Waals surface area contributed by atoms with Crippen molar-refractivity contribution in [2.75, 3.05) is 0 Å². The van der Waals surface area contributed by atoms with Crippen molar-refractivity contribution in [2.24, 2.45) is 20.5 Å². The highest BCUT2D eigenvalue weighted by atomic mass is 32.2. The van der Waals surface area contributed by atoms with Crippen LogP contribution in [0.4, 0.5) is 22.7 Å². The van der Waals surface area contributed by atoms with E-state index in [0.29, 0.717) is 23.3 Å². The van der Waals surface area contributed by atoms with Gasteiger partial charge in [-0.15, -0.1) is 20.5 Å². The lowest BCUT2D eigenvalue weighted by Crippen LogP contribution is -2.01. The quantitative estimate of drug-likeness (QED) is 0.0589. The normalized spacial score (nSPS) is 12.7. The van der Waals surface area contributed by atoms with Crippen molar-refractivity contribution in [1.29, 1.82) is 0 Å². The first-order valence-corrected chi connectivity index (χ1v) is 18.9. The van der Waals surface area contributed by atoms with Gasteiger partial charge in [0.2, 0.25) is 0 Å². The number of benzene rings is 6. The zero-order chi connectivity index (χ0) is 39.5. The number of aromatic hydroxyl groups is 6. The van der Waals surface area contributed by atoms with E-state index < -0.39 is 96.0 Å². The van der Waals surface area contributed by atoms with E-state index in [1.165, 1.54) is 42.5 Å². The molecule has 0 saturated heterocycles. The second-order valence-corrected chi connectivity index (χ2v) is 15.6. The lowest BCUT2D eigenvalue weighted by molar-refractivity contribution is 0.457. The van der Waals surface area contributed by atoms with E-state index >= 15 is 0 Å². The summed E-state index contributed by atoms with van der Waals surface area (Å²) in [5, 5.41) is 77.7. The molecule has 19 nitrogen and oxygen atoms in total. The molecule has 9 N–H and O–H groups in total. The first kappa shape index (κ1) is 37.3. The summed E-state index contributed by atoms with van der Waals surface area (Å²) in [6.45, 7) is 0. The topological polar surface area (TPSA) is 334 Å². The molecule has 0 saturated carbocycles. The van der Waals surface area contributed by atoms with Crippen LogP contribution in [0.25, 0.3) is 32.7 Å². The van der Waals surface area contributed by atoms with Gasteiger partial charge in [0.05, 0.1) is 20.6 Å². The van der Waals surface area contributed by atoms with Crippen LogP contribution in [0.3, 0.4) is 0 Å². The molecule has 54 heavy (non-hydrogen) atoms. The minimum Gasteiger partial charge on any atom is -0.507 e. The second kappa shape index (κ2) is 13.2. The van der Waals surface area contributed by atoms with Crippen molar-refractivity contribution >= 4 is 74.6 Å². The van der Waals surface area contributed by atoms with Crippen LogP contribution in [0.5, 0.6) is 34.5 Å². The van der Waals surface area contributed by atoms with Crippen molar-refractivity contribution < 1.29 is 69.6 Å². The minimum absolute atomic E-state index is 0.0841. The maximum Gasteiger partial charge on any atom is 0.296 e. The molecule has 6 aromatic carbocycles. The third kappa shape index (κ3) is 7.14. The van der Waals surface area contributed by atoms with Crippen LogP contribution < -0.4 is 0 Å². The molecule has 0 aliphatic rings. The molecule has 22 heteroatoms. The molecular weight excluding hydrogens is 777 g/mol. The van der Waals surface area contributed by atoms with Gasteiger partial charge in [-0.2, -0.15) is 25.3 Å². The predicted octanol–water partition coefficient (Wildman–Crippen LogP) is 6.46. The molecule has 0 aliphatic heterocycles. The SMILES string of the molecule is O=S(=O)(O)c1cc(O)c2c(O)c(N=Nc3ccc(-c4ccc(N=Nc5c(O)ccc6cc(S(=O)(=O)O)cc(O)c56)c(O)c4)cc3O)c(S(=O)(=O)O)cc2c1. The number of hydrogen-bond donors (Lipinski definition) is 9. The molecule has 0 aromatic heterocycles. The summed E-state index contributed by atoms with van der Waals surface area (Å²) in [4.78, 5) is -2.51. The zero-order valence-corrected chi connectivity index (χ0v) is 28.9. The summed E-state index contributed by atoms with van der Waals surface area (Å²) >= 11 is 0. The molecule has 6 rings (SSSR count). The number of rotatable bonds is 8. The van der Waals surface area contributed by atoms with Crippen LogP contribution >= 0.6 is 0 Å². The van der Waals surface area contributed by atoms with Gasteiger partial charge in [0, 0.05) is 12.1 Å². The molecule has 0 heterocycles. The van der Waals surface area contributed by atoms with Crippen molar-refractivity contribution in [3.63, 3.8) is 0 Å². The van der Waals surface area contributed by atoms with E-state index in [2.05, 4.69) is 20.5 Å². The Bertz CT molecular complexity index is 2990. The molecule has 6 aromatic rings. The fraction of sp³-hybridized carbons (Fsp3) is 0. The number of hydrogen-bond acceptors (Lipinski definition) is 16. The van der Waals surface area contributed by atoms with Crippen molar-refractivity contribution in [3.05, 3.63) is 78.9 Å². The fourth-order valence-electron chi connectivity index (χ4n) is 5.30. The molecule has 0 aliphatic carbocycles. The standard InChI is InChI=1S/C32H22N4O15S3/c37-22-6-3-16-7-18(52(43,44)45)12-25(40)28(16)30(22)35-33-20-4-1-14(9-23(20)38)15-2-5-21(24(39)10-15)34-36-31-27(54(49,50)51)11-17-8-19(53(46,47)48)13-26(41)29(17)32(31)42/h1-13,37-42H,(H,43,44,45)(H,46,47,48)(H,49,50,51). The van der Waals surface area contributed by atoms with E-state index in [9.17, 15) is 69.6 Å². The maximum atomic E-state index is 12.2. The Balaban J connectivity index is 1.31. The number of phenolic OH excluding ortho intramolecular Hbond substituents is 6. The number of nitrogens with zero attached hydrogens (tertiary/aromatic N) is 4. The monoisotopic (exact) mass is 798 g/mol. The van der Waals surface area contributed by atoms with Crippen LogP contribution in [0.1, 0.15) is 0 Å². The Hall–Kier alpha value is -6.43. The Kier molecular flexibility index (Phi) is 9.13. The van der Waals surface area contributed by atoms with Gasteiger partial charge in [0.1, 0.15) is 56.4 Å². The van der Waals surface area contributed by atoms with Gasteiger partial charge in [-0.1, -0.05) is 18.2 Å². The van der Waals surface area contributed by atoms with Gasteiger partial charge in [-0.25, -0.2) is 0 Å². The summed E-state index contributed by atoms with van der Waals surface area (Å²) in [7, 11) is -14.7. The number of fused-ring (bicyclic) bond motifs is 2. The molecule has 0 spiro atoms. The molecule has 0 fully saturated rings. The van der Waals surface area contributed by atoms with Crippen LogP contribution in [0, 0.1) is 0 Å². The summed E-state index contributed by atoms with van der Waals surface area (Å²) in [6.07, 6.45) is 0. The van der Waals surface area contributed by atoms with Crippen LogP contribution in [0.15, 0.2) is 114 Å². The number of azo groups is 2. The highest BCUT2D eigenvalue weighted by Gasteiger charge is 2.25. The molecule has 0 radical (unpaired) electrons. The Morgan fingerprint density at radius 1 is 0.407 bits per heavy atom. The summed E-state index contributed by atoms with van der Waals surface area (Å²) < 4.78 is 99.0. The highest BCUT2D eigenvalue weighted by molar-refractivity contribution is 7.86. The predicted molar refractivity (Wildman–Crippen MR) is 188 cm³/mol. The van der Waals surface area contributed by atoms with Crippen molar-refractivity contribution in [1.82, 2.24) is 0 Å². The molecule has 0 unspecified atom stereocenters. The molecule has 0 atom stereocenters. The van der Waals surface area contributed by atoms with Crippen LogP contribution in [-0.2, 0) is 30.4 Å². The zero-order valence-electron chi connectivity index (χ0n) is 26.5. The Morgan fingerprint density at radius 2 is 0.889 bits per heavy atom. The maximum absolute atomic E-state index is 12.2. The van der Waals surface area contributed by atoms with E-state index in [4.69, 9.17) is 0 Å². The third-order valence-corrected chi connectivity index (χ3v) is 10.3. The van der Waals surface area contributed by atoms with E-state index in [1.54, 1.807) is 0 Å². The molecule has 0 bridgehead atoms. The third-order valence-electron chi connectivity index (χ3n) is 7.80. The van der Waals surface area contributed by atoms with Gasteiger partial charge < -0.3 is 30.6 Å². The summed E-state index contributed by atoms with van der Waals surface area (Å²) in [6, 6.07) is 14.0. The van der Waals surface area contributed by atoms with Gasteiger partial charge in [0.15, 0.2) is 5.75 Å². The number of phenols is 6. The van der Waals surface area contributed by atoms with Gasteiger partial charge in [0.25, 0.3) is 30.4 Å². The fourth-order valence-corrected chi connectivity index (χ4v) is 7.03. The largest absolute Gasteiger partial charge is 0.507 e. The molecular formula is C32H22N4O15S3. The van der Waals surface area contributed by atoms with Crippen LogP contribution in [0.2, 0.25) is 0 Å². The van der Waals surface area contributed by atoms with E-state index in [1.807, 2.05) is 0 Å². The van der Waals surface area contributed by atoms with E-state index in [-0.39, 0.29) is 27.8 Å². The average Bonchev–Trinajstić information content (AvgIpc) is 3.06. The smallest absolute Gasteiger partial charge is 0.296 e. The minimum atomic E-state index is -5.17. The first-order valence-electron chi connectivity index (χ1n) is 14.6. The van der Waals surface area contributed by atoms with E-state index in [0.717, 1.165) is 24.3 Å². The Labute approximate surface area is 303 Å². The first-order chi connectivity index (χ1) is 25.1. The Morgan fingerprint density at radius 3 is 1.37 bits per heavy atom. The van der Waals surface area contributed by atoms with Gasteiger partial charge in [-0.3, -0.25) is 13.7 Å². The second-order valence-electron chi connectivity index (χ2n) is 11.3. The molecule has 0 amide bonds.